The van der Waals surface area contributed by atoms with Crippen LogP contribution in [0, 0.1) is 0 Å². The fourth-order valence-electron chi connectivity index (χ4n) is 4.47. The zero-order chi connectivity index (χ0) is 30.4. The van der Waals surface area contributed by atoms with Crippen molar-refractivity contribution in [3.8, 4) is 17.2 Å². The average Bonchev–Trinajstić information content (AvgIpc) is 3.25. The van der Waals surface area contributed by atoms with Crippen molar-refractivity contribution >= 4 is 29.4 Å². The first-order valence-corrected chi connectivity index (χ1v) is 14.4. The third-order valence-corrected chi connectivity index (χ3v) is 7.21. The van der Waals surface area contributed by atoms with Gasteiger partial charge in [-0.25, -0.2) is 14.6 Å². The molecule has 222 valence electrons. The van der Waals surface area contributed by atoms with Crippen LogP contribution in [0.25, 0.3) is 6.08 Å². The highest BCUT2D eigenvalue weighted by atomic mass is 32.1. The fourth-order valence-corrected chi connectivity index (χ4v) is 5.52. The van der Waals surface area contributed by atoms with Gasteiger partial charge in [0.1, 0.15) is 5.75 Å². The van der Waals surface area contributed by atoms with Crippen molar-refractivity contribution in [3.63, 3.8) is 0 Å². The quantitative estimate of drug-likeness (QED) is 0.310. The molecule has 2 heterocycles. The predicted molar refractivity (Wildman–Crippen MR) is 158 cm³/mol. The maximum atomic E-state index is 13.9. The number of carbonyl (C=O) groups is 2. The molecule has 0 spiro atoms. The molecule has 0 N–H and O–H groups in total. The molecule has 1 atom stereocenters. The summed E-state index contributed by atoms with van der Waals surface area (Å²) in [4.78, 5) is 44.0. The van der Waals surface area contributed by atoms with Crippen LogP contribution >= 0.6 is 11.3 Å². The molecule has 11 heteroatoms. The first-order valence-electron chi connectivity index (χ1n) is 13.6. The minimum atomic E-state index is -0.737. The maximum Gasteiger partial charge on any atom is 0.344 e. The molecule has 1 aliphatic rings. The molecular formula is C31H34N2O8S. The molecule has 10 nitrogen and oxygen atoms in total. The lowest BCUT2D eigenvalue weighted by Gasteiger charge is -2.25. The number of benzene rings is 2. The third kappa shape index (κ3) is 6.73. The van der Waals surface area contributed by atoms with Gasteiger partial charge < -0.3 is 23.7 Å². The molecule has 0 saturated heterocycles. The molecule has 0 aliphatic carbocycles. The monoisotopic (exact) mass is 594 g/mol. The third-order valence-electron chi connectivity index (χ3n) is 6.23. The highest BCUT2D eigenvalue weighted by Crippen LogP contribution is 2.32. The molecule has 2 aromatic carbocycles. The summed E-state index contributed by atoms with van der Waals surface area (Å²) in [6.45, 7) is 9.43. The zero-order valence-corrected chi connectivity index (χ0v) is 25.3. The Balaban J connectivity index is 1.78. The fraction of sp³-hybridized carbons (Fsp3) is 0.355. The number of nitrogens with zero attached hydrogens (tertiary/aromatic N) is 2. The standard InChI is InChI=1S/C31H34N2O8S/c1-7-38-22-12-10-21(11-13-22)28-27(30(36)41-18(3)4)19(5)32-31-33(28)29(35)25(42-31)16-20-9-14-23(24(15-20)37-6)40-17-26(34)39-8-2/h9-16,18,28H,7-8,17H2,1-6H3/b25-16+/t28-/m0/s1. The summed E-state index contributed by atoms with van der Waals surface area (Å²) in [7, 11) is 1.49. The van der Waals surface area contributed by atoms with Gasteiger partial charge >= 0.3 is 11.9 Å². The number of fused-ring (bicyclic) bond motifs is 1. The van der Waals surface area contributed by atoms with Gasteiger partial charge in [-0.1, -0.05) is 29.5 Å². The molecule has 0 fully saturated rings. The van der Waals surface area contributed by atoms with Crippen molar-refractivity contribution in [3.05, 3.63) is 84.5 Å². The molecule has 1 aliphatic heterocycles. The number of thiazole rings is 1. The molecule has 3 aromatic rings. The summed E-state index contributed by atoms with van der Waals surface area (Å²) in [6.07, 6.45) is 1.38. The second-order valence-electron chi connectivity index (χ2n) is 9.54. The molecule has 0 bridgehead atoms. The van der Waals surface area contributed by atoms with E-state index >= 15 is 0 Å². The highest BCUT2D eigenvalue weighted by Gasteiger charge is 2.33. The van der Waals surface area contributed by atoms with E-state index in [0.29, 0.717) is 50.0 Å². The number of hydrogen-bond donors (Lipinski definition) is 0. The molecule has 4 rings (SSSR count). The van der Waals surface area contributed by atoms with Gasteiger partial charge in [-0.3, -0.25) is 9.36 Å². The second-order valence-corrected chi connectivity index (χ2v) is 10.6. The van der Waals surface area contributed by atoms with Crippen molar-refractivity contribution in [1.29, 1.82) is 0 Å². The van der Waals surface area contributed by atoms with Crippen LogP contribution in [0.1, 0.15) is 51.8 Å². The van der Waals surface area contributed by atoms with Gasteiger partial charge in [-0.05, 0) is 76.1 Å². The smallest absolute Gasteiger partial charge is 0.344 e. The highest BCUT2D eigenvalue weighted by molar-refractivity contribution is 7.07. The summed E-state index contributed by atoms with van der Waals surface area (Å²) in [5, 5.41) is 0. The molecule has 0 radical (unpaired) electrons. The Kier molecular flexibility index (Phi) is 9.84. The van der Waals surface area contributed by atoms with Crippen LogP contribution in [0.3, 0.4) is 0 Å². The molecule has 42 heavy (non-hydrogen) atoms. The Labute approximate surface area is 247 Å². The number of esters is 2. The van der Waals surface area contributed by atoms with Crippen LogP contribution in [0.2, 0.25) is 0 Å². The Morgan fingerprint density at radius 1 is 1.05 bits per heavy atom. The van der Waals surface area contributed by atoms with E-state index in [1.165, 1.54) is 23.0 Å². The van der Waals surface area contributed by atoms with Crippen LogP contribution in [0.4, 0.5) is 0 Å². The van der Waals surface area contributed by atoms with Gasteiger partial charge in [0.2, 0.25) is 0 Å². The van der Waals surface area contributed by atoms with E-state index in [1.54, 1.807) is 52.0 Å². The summed E-state index contributed by atoms with van der Waals surface area (Å²) >= 11 is 1.22. The van der Waals surface area contributed by atoms with Crippen molar-refractivity contribution in [2.45, 2.75) is 46.8 Å². The van der Waals surface area contributed by atoms with Crippen LogP contribution in [0.15, 0.2) is 63.5 Å². The Morgan fingerprint density at radius 3 is 2.43 bits per heavy atom. The predicted octanol–water partition coefficient (Wildman–Crippen LogP) is 3.54. The lowest BCUT2D eigenvalue weighted by Crippen LogP contribution is -2.40. The number of ether oxygens (including phenoxy) is 5. The minimum absolute atomic E-state index is 0.255. The van der Waals surface area contributed by atoms with Gasteiger partial charge in [-0.15, -0.1) is 0 Å². The van der Waals surface area contributed by atoms with E-state index in [0.717, 1.165) is 5.56 Å². The molecule has 0 saturated carbocycles. The first kappa shape index (κ1) is 30.6. The summed E-state index contributed by atoms with van der Waals surface area (Å²) in [5.41, 5.74) is 1.88. The zero-order valence-electron chi connectivity index (χ0n) is 24.5. The normalized spacial score (nSPS) is 14.7. The topological polar surface area (TPSA) is 115 Å². The van der Waals surface area contributed by atoms with E-state index in [-0.39, 0.29) is 24.9 Å². The Bertz CT molecular complexity index is 1670. The van der Waals surface area contributed by atoms with Crippen LogP contribution < -0.4 is 29.1 Å². The van der Waals surface area contributed by atoms with Crippen LogP contribution in [0.5, 0.6) is 17.2 Å². The van der Waals surface area contributed by atoms with Gasteiger partial charge in [0, 0.05) is 0 Å². The first-order chi connectivity index (χ1) is 20.2. The van der Waals surface area contributed by atoms with E-state index in [9.17, 15) is 14.4 Å². The number of hydrogen-bond acceptors (Lipinski definition) is 10. The molecule has 0 unspecified atom stereocenters. The van der Waals surface area contributed by atoms with Crippen molar-refractivity contribution < 1.29 is 33.3 Å². The van der Waals surface area contributed by atoms with E-state index < -0.39 is 18.0 Å². The Hall–Kier alpha value is -4.38. The minimum Gasteiger partial charge on any atom is -0.494 e. The molecular weight excluding hydrogens is 560 g/mol. The van der Waals surface area contributed by atoms with Gasteiger partial charge in [0.25, 0.3) is 5.56 Å². The van der Waals surface area contributed by atoms with Crippen LogP contribution in [-0.4, -0.2) is 49.5 Å². The number of aromatic nitrogens is 1. The number of rotatable bonds is 11. The van der Waals surface area contributed by atoms with Crippen molar-refractivity contribution in [2.75, 3.05) is 26.9 Å². The van der Waals surface area contributed by atoms with E-state index in [2.05, 4.69) is 4.99 Å². The second kappa shape index (κ2) is 13.5. The van der Waals surface area contributed by atoms with Crippen molar-refractivity contribution in [2.24, 2.45) is 4.99 Å². The maximum absolute atomic E-state index is 13.9. The number of carbonyl (C=O) groups excluding carboxylic acids is 2. The largest absolute Gasteiger partial charge is 0.494 e. The van der Waals surface area contributed by atoms with Crippen molar-refractivity contribution in [1.82, 2.24) is 4.57 Å². The van der Waals surface area contributed by atoms with E-state index in [1.807, 2.05) is 31.2 Å². The SMILES string of the molecule is CCOC(=O)COc1ccc(/C=c2/sc3n(c2=O)[C@@H](c2ccc(OCC)cc2)C(C(=O)OC(C)C)=C(C)N=3)cc1OC. The molecule has 1 aromatic heterocycles. The van der Waals surface area contributed by atoms with E-state index in [4.69, 9.17) is 23.7 Å². The summed E-state index contributed by atoms with van der Waals surface area (Å²) in [6, 6.07) is 11.7. The average molecular weight is 595 g/mol. The summed E-state index contributed by atoms with van der Waals surface area (Å²) < 4.78 is 29.0. The van der Waals surface area contributed by atoms with Gasteiger partial charge in [0.15, 0.2) is 22.9 Å². The van der Waals surface area contributed by atoms with Crippen LogP contribution in [-0.2, 0) is 19.1 Å². The summed E-state index contributed by atoms with van der Waals surface area (Å²) in [5.74, 6) is 0.428. The van der Waals surface area contributed by atoms with Gasteiger partial charge in [0.05, 0.1) is 48.3 Å². The lowest BCUT2D eigenvalue weighted by atomic mass is 9.96. The number of methoxy groups -OCH3 is 1. The van der Waals surface area contributed by atoms with Gasteiger partial charge in [-0.2, -0.15) is 0 Å². The Morgan fingerprint density at radius 2 is 1.79 bits per heavy atom. The molecule has 0 amide bonds. The number of allylic oxidation sites excluding steroid dienone is 1. The lowest BCUT2D eigenvalue weighted by molar-refractivity contribution is -0.145.